The Labute approximate surface area is 121 Å². The van der Waals surface area contributed by atoms with Crippen LogP contribution < -0.4 is 9.47 Å². The summed E-state index contributed by atoms with van der Waals surface area (Å²) in [6.45, 7) is 2.00. The summed E-state index contributed by atoms with van der Waals surface area (Å²) in [7, 11) is 1.63. The molecular formula is C14H18BrNO3. The third-order valence-corrected chi connectivity index (χ3v) is 4.12. The van der Waals surface area contributed by atoms with Gasteiger partial charge in [0.15, 0.2) is 0 Å². The molecule has 0 radical (unpaired) electrons. The van der Waals surface area contributed by atoms with Gasteiger partial charge in [0.05, 0.1) is 13.7 Å². The highest BCUT2D eigenvalue weighted by Crippen LogP contribution is 2.20. The molecule has 1 aliphatic rings. The van der Waals surface area contributed by atoms with Crippen molar-refractivity contribution in [1.82, 2.24) is 4.90 Å². The smallest absolute Gasteiger partial charge is 0.223 e. The number of amides is 1. The van der Waals surface area contributed by atoms with Crippen LogP contribution in [0.3, 0.4) is 0 Å². The molecule has 0 aromatic heterocycles. The van der Waals surface area contributed by atoms with Gasteiger partial charge in [0, 0.05) is 18.3 Å². The molecule has 0 spiro atoms. The number of methoxy groups -OCH3 is 1. The maximum atomic E-state index is 11.7. The summed E-state index contributed by atoms with van der Waals surface area (Å²) in [5.74, 6) is 2.27. The minimum atomic E-state index is 0.225. The molecule has 5 heteroatoms. The first-order valence-corrected chi connectivity index (χ1v) is 7.45. The van der Waals surface area contributed by atoms with Crippen LogP contribution in [0.4, 0.5) is 0 Å². The maximum Gasteiger partial charge on any atom is 0.223 e. The number of alkyl halides is 1. The number of carbonyl (C=O) groups is 1. The van der Waals surface area contributed by atoms with Gasteiger partial charge >= 0.3 is 0 Å². The van der Waals surface area contributed by atoms with E-state index in [1.807, 2.05) is 29.2 Å². The summed E-state index contributed by atoms with van der Waals surface area (Å²) >= 11 is 3.43. The number of hydrogen-bond acceptors (Lipinski definition) is 3. The monoisotopic (exact) mass is 327 g/mol. The van der Waals surface area contributed by atoms with Crippen molar-refractivity contribution >= 4 is 21.8 Å². The third-order valence-electron chi connectivity index (χ3n) is 3.20. The van der Waals surface area contributed by atoms with Crippen LogP contribution >= 0.6 is 15.9 Å². The van der Waals surface area contributed by atoms with Crippen LogP contribution in [0.15, 0.2) is 24.3 Å². The molecule has 104 valence electrons. The van der Waals surface area contributed by atoms with Gasteiger partial charge in [-0.3, -0.25) is 4.79 Å². The standard InChI is InChI=1S/C14H18BrNO3/c1-18-12-2-4-13(5-3-12)19-7-6-16-10-11(9-15)8-14(16)17/h2-5,11H,6-10H2,1H3. The lowest BCUT2D eigenvalue weighted by Gasteiger charge is -2.16. The van der Waals surface area contributed by atoms with Gasteiger partial charge in [0.1, 0.15) is 18.1 Å². The zero-order chi connectivity index (χ0) is 13.7. The van der Waals surface area contributed by atoms with Gasteiger partial charge in [0.2, 0.25) is 5.91 Å². The highest BCUT2D eigenvalue weighted by atomic mass is 79.9. The largest absolute Gasteiger partial charge is 0.497 e. The zero-order valence-corrected chi connectivity index (χ0v) is 12.6. The summed E-state index contributed by atoms with van der Waals surface area (Å²) < 4.78 is 10.7. The Morgan fingerprint density at radius 1 is 1.32 bits per heavy atom. The van der Waals surface area contributed by atoms with E-state index in [-0.39, 0.29) is 5.91 Å². The molecule has 1 fully saturated rings. The van der Waals surface area contributed by atoms with Gasteiger partial charge < -0.3 is 14.4 Å². The number of rotatable bonds is 6. The molecule has 19 heavy (non-hydrogen) atoms. The molecule has 1 unspecified atom stereocenters. The van der Waals surface area contributed by atoms with E-state index in [0.717, 1.165) is 23.4 Å². The number of halogens is 1. The highest BCUT2D eigenvalue weighted by Gasteiger charge is 2.28. The maximum absolute atomic E-state index is 11.7. The van der Waals surface area contributed by atoms with Gasteiger partial charge in [-0.15, -0.1) is 0 Å². The van der Waals surface area contributed by atoms with E-state index in [0.29, 0.717) is 25.5 Å². The summed E-state index contributed by atoms with van der Waals surface area (Å²) in [6.07, 6.45) is 0.647. The Bertz CT molecular complexity index is 421. The summed E-state index contributed by atoms with van der Waals surface area (Å²) in [5, 5.41) is 0.884. The minimum absolute atomic E-state index is 0.225. The molecule has 0 saturated carbocycles. The molecule has 1 amide bonds. The van der Waals surface area contributed by atoms with Crippen LogP contribution in [0.5, 0.6) is 11.5 Å². The number of benzene rings is 1. The Morgan fingerprint density at radius 3 is 2.58 bits per heavy atom. The van der Waals surface area contributed by atoms with Gasteiger partial charge in [-0.25, -0.2) is 0 Å². The second-order valence-corrected chi connectivity index (χ2v) is 5.24. The Hall–Kier alpha value is -1.23. The number of carbonyl (C=O) groups excluding carboxylic acids is 1. The fourth-order valence-electron chi connectivity index (χ4n) is 2.12. The van der Waals surface area contributed by atoms with Crippen LogP contribution in [0.2, 0.25) is 0 Å². The molecule has 0 N–H and O–H groups in total. The Balaban J connectivity index is 1.75. The molecule has 2 rings (SSSR count). The van der Waals surface area contributed by atoms with Crippen LogP contribution in [0, 0.1) is 5.92 Å². The van der Waals surface area contributed by atoms with Crippen LogP contribution in [0.1, 0.15) is 6.42 Å². The summed E-state index contributed by atoms with van der Waals surface area (Å²) in [5.41, 5.74) is 0. The van der Waals surface area contributed by atoms with Crippen molar-refractivity contribution in [3.05, 3.63) is 24.3 Å². The van der Waals surface area contributed by atoms with Crippen LogP contribution in [0.25, 0.3) is 0 Å². The number of ether oxygens (including phenoxy) is 2. The average Bonchev–Trinajstić information content (AvgIpc) is 2.80. The lowest BCUT2D eigenvalue weighted by atomic mass is 10.2. The predicted molar refractivity (Wildman–Crippen MR) is 77.0 cm³/mol. The lowest BCUT2D eigenvalue weighted by molar-refractivity contribution is -0.128. The molecule has 1 aromatic carbocycles. The Kier molecular flexibility index (Phi) is 5.07. The third kappa shape index (κ3) is 3.86. The van der Waals surface area contributed by atoms with E-state index in [1.54, 1.807) is 7.11 Å². The molecule has 1 atom stereocenters. The molecule has 1 aromatic rings. The van der Waals surface area contributed by atoms with Gasteiger partial charge in [-0.1, -0.05) is 15.9 Å². The molecule has 4 nitrogen and oxygen atoms in total. The lowest BCUT2D eigenvalue weighted by Crippen LogP contribution is -2.30. The van der Waals surface area contributed by atoms with E-state index in [9.17, 15) is 4.79 Å². The highest BCUT2D eigenvalue weighted by molar-refractivity contribution is 9.09. The molecular weight excluding hydrogens is 310 g/mol. The van der Waals surface area contributed by atoms with E-state index in [1.165, 1.54) is 0 Å². The second-order valence-electron chi connectivity index (χ2n) is 4.59. The van der Waals surface area contributed by atoms with Crippen molar-refractivity contribution in [2.24, 2.45) is 5.92 Å². The molecule has 1 saturated heterocycles. The summed E-state index contributed by atoms with van der Waals surface area (Å²) in [4.78, 5) is 13.6. The van der Waals surface area contributed by atoms with Crippen LogP contribution in [-0.2, 0) is 4.79 Å². The topological polar surface area (TPSA) is 38.8 Å². The van der Waals surface area contributed by atoms with E-state index in [2.05, 4.69) is 15.9 Å². The van der Waals surface area contributed by atoms with Crippen molar-refractivity contribution in [3.8, 4) is 11.5 Å². The van der Waals surface area contributed by atoms with Gasteiger partial charge in [0.25, 0.3) is 0 Å². The number of likely N-dealkylation sites (tertiary alicyclic amines) is 1. The normalized spacial score (nSPS) is 18.7. The van der Waals surface area contributed by atoms with Crippen molar-refractivity contribution in [2.45, 2.75) is 6.42 Å². The van der Waals surface area contributed by atoms with E-state index >= 15 is 0 Å². The molecule has 1 aliphatic heterocycles. The van der Waals surface area contributed by atoms with Gasteiger partial charge in [-0.05, 0) is 30.2 Å². The van der Waals surface area contributed by atoms with Crippen molar-refractivity contribution in [1.29, 1.82) is 0 Å². The first-order valence-electron chi connectivity index (χ1n) is 6.33. The zero-order valence-electron chi connectivity index (χ0n) is 11.0. The molecule has 0 bridgehead atoms. The number of hydrogen-bond donors (Lipinski definition) is 0. The van der Waals surface area contributed by atoms with Crippen molar-refractivity contribution in [2.75, 3.05) is 32.1 Å². The SMILES string of the molecule is COc1ccc(OCCN2CC(CBr)CC2=O)cc1. The fourth-order valence-corrected chi connectivity index (χ4v) is 2.55. The molecule has 0 aliphatic carbocycles. The summed E-state index contributed by atoms with van der Waals surface area (Å²) in [6, 6.07) is 7.45. The van der Waals surface area contributed by atoms with E-state index < -0.39 is 0 Å². The second kappa shape index (κ2) is 6.80. The van der Waals surface area contributed by atoms with Crippen molar-refractivity contribution < 1.29 is 14.3 Å². The quantitative estimate of drug-likeness (QED) is 0.753. The first kappa shape index (κ1) is 14.2. The number of nitrogens with zero attached hydrogens (tertiary/aromatic N) is 1. The van der Waals surface area contributed by atoms with Crippen molar-refractivity contribution in [3.63, 3.8) is 0 Å². The fraction of sp³-hybridized carbons (Fsp3) is 0.500. The first-order chi connectivity index (χ1) is 9.22. The van der Waals surface area contributed by atoms with Crippen LogP contribution in [-0.4, -0.2) is 42.9 Å². The predicted octanol–water partition coefficient (Wildman–Crippen LogP) is 2.32. The average molecular weight is 328 g/mol. The van der Waals surface area contributed by atoms with Gasteiger partial charge in [-0.2, -0.15) is 0 Å². The Morgan fingerprint density at radius 2 is 2.00 bits per heavy atom. The molecule has 1 heterocycles. The minimum Gasteiger partial charge on any atom is -0.497 e. The van der Waals surface area contributed by atoms with E-state index in [4.69, 9.17) is 9.47 Å².